The lowest BCUT2D eigenvalue weighted by molar-refractivity contribution is -0.137. The Labute approximate surface area is 157 Å². The highest BCUT2D eigenvalue weighted by molar-refractivity contribution is 8.15. The molecule has 2 amide bonds. The van der Waals surface area contributed by atoms with Crippen molar-refractivity contribution in [3.8, 4) is 0 Å². The van der Waals surface area contributed by atoms with Crippen molar-refractivity contribution in [3.05, 3.63) is 60.2 Å². The molecule has 2 N–H and O–H groups in total. The molecule has 1 atom stereocenters. The summed E-state index contributed by atoms with van der Waals surface area (Å²) in [6, 6.07) is 13.2. The van der Waals surface area contributed by atoms with Crippen LogP contribution < -0.4 is 10.6 Å². The van der Waals surface area contributed by atoms with E-state index < -0.39 is 22.9 Å². The standard InChI is InChI=1S/C18H14F3N3O2S/c19-18(20,21)11-5-4-8-13(9-11)22-16(26)14-10-15(25)24-17(27-14)23-12-6-2-1-3-7-12/h1-9,14H,10H2,(H,22,26)(H,23,24,25). The summed E-state index contributed by atoms with van der Waals surface area (Å²) in [6.45, 7) is 0. The van der Waals surface area contributed by atoms with Crippen LogP contribution in [0.3, 0.4) is 0 Å². The first-order chi connectivity index (χ1) is 12.8. The molecule has 1 saturated heterocycles. The van der Waals surface area contributed by atoms with E-state index in [4.69, 9.17) is 0 Å². The Hall–Kier alpha value is -2.81. The van der Waals surface area contributed by atoms with Crippen molar-refractivity contribution in [1.29, 1.82) is 0 Å². The van der Waals surface area contributed by atoms with Crippen LogP contribution in [0, 0.1) is 0 Å². The Morgan fingerprint density at radius 3 is 2.59 bits per heavy atom. The van der Waals surface area contributed by atoms with Crippen LogP contribution >= 0.6 is 11.8 Å². The van der Waals surface area contributed by atoms with Crippen LogP contribution in [0.1, 0.15) is 12.0 Å². The summed E-state index contributed by atoms with van der Waals surface area (Å²) in [5, 5.41) is 4.49. The second kappa shape index (κ2) is 7.83. The monoisotopic (exact) mass is 393 g/mol. The maximum atomic E-state index is 12.8. The number of para-hydroxylation sites is 1. The van der Waals surface area contributed by atoms with Crippen LogP contribution in [-0.4, -0.2) is 22.2 Å². The Bertz CT molecular complexity index is 885. The van der Waals surface area contributed by atoms with Gasteiger partial charge in [0.15, 0.2) is 5.17 Å². The van der Waals surface area contributed by atoms with Gasteiger partial charge in [-0.3, -0.25) is 9.59 Å². The Morgan fingerprint density at radius 1 is 1.15 bits per heavy atom. The molecule has 5 nitrogen and oxygen atoms in total. The Kier molecular flexibility index (Phi) is 5.50. The number of rotatable bonds is 3. The van der Waals surface area contributed by atoms with Crippen molar-refractivity contribution in [3.63, 3.8) is 0 Å². The molecule has 0 aromatic heterocycles. The van der Waals surface area contributed by atoms with Crippen molar-refractivity contribution in [1.82, 2.24) is 5.32 Å². The summed E-state index contributed by atoms with van der Waals surface area (Å²) in [5.41, 5.74) is -0.233. The van der Waals surface area contributed by atoms with E-state index in [1.165, 1.54) is 12.1 Å². The number of halogens is 3. The molecule has 0 spiro atoms. The Morgan fingerprint density at radius 2 is 1.89 bits per heavy atom. The van der Waals surface area contributed by atoms with E-state index in [-0.39, 0.29) is 23.2 Å². The Balaban J connectivity index is 1.73. The third kappa shape index (κ3) is 5.10. The number of benzene rings is 2. The van der Waals surface area contributed by atoms with Gasteiger partial charge in [0.1, 0.15) is 5.25 Å². The van der Waals surface area contributed by atoms with Gasteiger partial charge in [0, 0.05) is 12.1 Å². The van der Waals surface area contributed by atoms with E-state index in [1.54, 1.807) is 24.3 Å². The minimum Gasteiger partial charge on any atom is -0.325 e. The lowest BCUT2D eigenvalue weighted by atomic mass is 10.2. The number of carbonyl (C=O) groups excluding carboxylic acids is 2. The average Bonchev–Trinajstić information content (AvgIpc) is 2.61. The molecule has 140 valence electrons. The molecular formula is C18H14F3N3O2S. The number of hydrogen-bond donors (Lipinski definition) is 2. The zero-order valence-corrected chi connectivity index (χ0v) is 14.6. The highest BCUT2D eigenvalue weighted by Crippen LogP contribution is 2.31. The molecule has 1 unspecified atom stereocenters. The van der Waals surface area contributed by atoms with Crippen LogP contribution in [0.5, 0.6) is 0 Å². The van der Waals surface area contributed by atoms with E-state index in [0.29, 0.717) is 5.69 Å². The minimum absolute atomic E-state index is 0.0166. The molecule has 0 saturated carbocycles. The van der Waals surface area contributed by atoms with Gasteiger partial charge in [0.2, 0.25) is 11.8 Å². The number of amides is 2. The first-order valence-electron chi connectivity index (χ1n) is 7.89. The molecule has 2 aromatic rings. The molecule has 1 heterocycles. The van der Waals surface area contributed by atoms with Crippen LogP contribution in [0.15, 0.2) is 59.6 Å². The zero-order valence-electron chi connectivity index (χ0n) is 13.8. The maximum Gasteiger partial charge on any atom is 0.416 e. The summed E-state index contributed by atoms with van der Waals surface area (Å²) in [5.74, 6) is -0.942. The van der Waals surface area contributed by atoms with Crippen molar-refractivity contribution in [2.24, 2.45) is 4.99 Å². The van der Waals surface area contributed by atoms with Crippen molar-refractivity contribution in [2.75, 3.05) is 5.32 Å². The van der Waals surface area contributed by atoms with Gasteiger partial charge >= 0.3 is 6.18 Å². The highest BCUT2D eigenvalue weighted by atomic mass is 32.2. The van der Waals surface area contributed by atoms with Gasteiger partial charge < -0.3 is 10.6 Å². The van der Waals surface area contributed by atoms with Gasteiger partial charge in [0.25, 0.3) is 0 Å². The van der Waals surface area contributed by atoms with Crippen LogP contribution in [0.25, 0.3) is 0 Å². The summed E-state index contributed by atoms with van der Waals surface area (Å²) >= 11 is 1.05. The highest BCUT2D eigenvalue weighted by Gasteiger charge is 2.32. The number of alkyl halides is 3. The minimum atomic E-state index is -4.50. The maximum absolute atomic E-state index is 12.8. The van der Waals surface area contributed by atoms with Gasteiger partial charge in [-0.1, -0.05) is 36.0 Å². The summed E-state index contributed by atoms with van der Waals surface area (Å²) in [7, 11) is 0. The van der Waals surface area contributed by atoms with Crippen molar-refractivity contribution in [2.45, 2.75) is 17.8 Å². The number of amidine groups is 1. The number of anilines is 1. The second-order valence-electron chi connectivity index (χ2n) is 5.68. The van der Waals surface area contributed by atoms with Gasteiger partial charge in [0.05, 0.1) is 11.3 Å². The summed E-state index contributed by atoms with van der Waals surface area (Å²) < 4.78 is 38.4. The predicted octanol–water partition coefficient (Wildman–Crippen LogP) is 3.95. The van der Waals surface area contributed by atoms with Crippen LogP contribution in [0.2, 0.25) is 0 Å². The van der Waals surface area contributed by atoms with Gasteiger partial charge in [-0.2, -0.15) is 13.2 Å². The number of nitrogens with zero attached hydrogens (tertiary/aromatic N) is 1. The van der Waals surface area contributed by atoms with E-state index in [2.05, 4.69) is 15.6 Å². The van der Waals surface area contributed by atoms with Gasteiger partial charge in [-0.25, -0.2) is 4.99 Å². The normalized spacial score (nSPS) is 18.9. The summed E-state index contributed by atoms with van der Waals surface area (Å²) in [4.78, 5) is 28.6. The number of aliphatic imine (C=N–C) groups is 1. The molecule has 9 heteroatoms. The fourth-order valence-corrected chi connectivity index (χ4v) is 3.36. The van der Waals surface area contributed by atoms with Crippen molar-refractivity contribution < 1.29 is 22.8 Å². The topological polar surface area (TPSA) is 70.6 Å². The molecule has 1 fully saturated rings. The molecule has 27 heavy (non-hydrogen) atoms. The molecule has 0 aliphatic carbocycles. The summed E-state index contributed by atoms with van der Waals surface area (Å²) in [6.07, 6.45) is -4.60. The smallest absolute Gasteiger partial charge is 0.325 e. The largest absolute Gasteiger partial charge is 0.416 e. The molecular weight excluding hydrogens is 379 g/mol. The lowest BCUT2D eigenvalue weighted by Crippen LogP contribution is -2.41. The fraction of sp³-hybridized carbons (Fsp3) is 0.167. The van der Waals surface area contributed by atoms with Crippen molar-refractivity contribution >= 4 is 40.1 Å². The third-order valence-corrected chi connectivity index (χ3v) is 4.69. The first kappa shape index (κ1) is 19.0. The number of hydrogen-bond acceptors (Lipinski definition) is 4. The SMILES string of the molecule is O=C1CC(C(=O)Nc2cccc(C(F)(F)F)c2)SC(=Nc2ccccc2)N1. The zero-order chi connectivity index (χ0) is 19.4. The quantitative estimate of drug-likeness (QED) is 0.830. The molecule has 0 bridgehead atoms. The van der Waals surface area contributed by atoms with E-state index in [9.17, 15) is 22.8 Å². The molecule has 2 aromatic carbocycles. The molecule has 0 radical (unpaired) electrons. The van der Waals surface area contributed by atoms with E-state index in [0.717, 1.165) is 23.9 Å². The second-order valence-corrected chi connectivity index (χ2v) is 6.87. The third-order valence-electron chi connectivity index (χ3n) is 3.61. The predicted molar refractivity (Wildman–Crippen MR) is 97.7 cm³/mol. The molecule has 1 aliphatic heterocycles. The first-order valence-corrected chi connectivity index (χ1v) is 8.77. The fourth-order valence-electron chi connectivity index (χ4n) is 2.36. The number of carbonyl (C=O) groups is 2. The number of nitrogens with one attached hydrogen (secondary N) is 2. The average molecular weight is 393 g/mol. The van der Waals surface area contributed by atoms with Gasteiger partial charge in [-0.05, 0) is 30.3 Å². The van der Waals surface area contributed by atoms with Crippen LogP contribution in [0.4, 0.5) is 24.5 Å². The van der Waals surface area contributed by atoms with E-state index >= 15 is 0 Å². The molecule has 3 rings (SSSR count). The molecule has 1 aliphatic rings. The van der Waals surface area contributed by atoms with Gasteiger partial charge in [-0.15, -0.1) is 0 Å². The number of thioether (sulfide) groups is 1. The van der Waals surface area contributed by atoms with Crippen LogP contribution in [-0.2, 0) is 15.8 Å². The lowest BCUT2D eigenvalue weighted by Gasteiger charge is -2.22. The van der Waals surface area contributed by atoms with E-state index in [1.807, 2.05) is 6.07 Å².